The van der Waals surface area contributed by atoms with Crippen LogP contribution in [0.5, 0.6) is 0 Å². The van der Waals surface area contributed by atoms with Crippen molar-refractivity contribution in [3.8, 4) is 0 Å². The molecule has 0 bridgehead atoms. The summed E-state index contributed by atoms with van der Waals surface area (Å²) in [5.41, 5.74) is 0.957. The topological polar surface area (TPSA) is 72.9 Å². The van der Waals surface area contributed by atoms with Crippen LogP contribution in [-0.2, 0) is 25.6 Å². The van der Waals surface area contributed by atoms with Crippen molar-refractivity contribution in [1.82, 2.24) is 4.90 Å². The number of rotatable bonds is 5. The molecule has 2 fully saturated rings. The predicted molar refractivity (Wildman–Crippen MR) is 84.1 cm³/mol. The monoisotopic (exact) mass is 339 g/mol. The van der Waals surface area contributed by atoms with E-state index in [1.54, 1.807) is 11.8 Å². The van der Waals surface area contributed by atoms with Gasteiger partial charge in [-0.05, 0) is 30.2 Å². The lowest BCUT2D eigenvalue weighted by Crippen LogP contribution is -2.33. The Kier molecular flexibility index (Phi) is 4.33. The molecule has 1 aromatic carbocycles. The number of benzene rings is 1. The van der Waals surface area contributed by atoms with Crippen molar-refractivity contribution in [3.05, 3.63) is 35.9 Å². The number of carbonyl (C=O) groups excluding carboxylic acids is 1. The Bertz CT molecular complexity index is 663. The van der Waals surface area contributed by atoms with Crippen molar-refractivity contribution in [3.63, 3.8) is 0 Å². The quantitative estimate of drug-likeness (QED) is 0.766. The molecule has 7 heteroatoms. The van der Waals surface area contributed by atoms with Gasteiger partial charge in [-0.3, -0.25) is 4.18 Å². The van der Waals surface area contributed by atoms with E-state index < -0.39 is 10.1 Å². The van der Waals surface area contributed by atoms with Crippen molar-refractivity contribution < 1.29 is 22.1 Å². The zero-order valence-electron chi connectivity index (χ0n) is 13.2. The smallest absolute Gasteiger partial charge is 0.410 e. The Morgan fingerprint density at radius 1 is 1.26 bits per heavy atom. The number of carbonyl (C=O) groups is 1. The predicted octanol–water partition coefficient (Wildman–Crippen LogP) is 1.87. The molecule has 1 unspecified atom stereocenters. The molecule has 0 N–H and O–H groups in total. The van der Waals surface area contributed by atoms with Gasteiger partial charge in [0.2, 0.25) is 0 Å². The Labute approximate surface area is 136 Å². The molecular formula is C16H21NO5S. The van der Waals surface area contributed by atoms with E-state index in [1.807, 2.05) is 30.3 Å². The van der Waals surface area contributed by atoms with Crippen LogP contribution in [0.4, 0.5) is 4.79 Å². The van der Waals surface area contributed by atoms with Crippen molar-refractivity contribution >= 4 is 16.2 Å². The van der Waals surface area contributed by atoms with Gasteiger partial charge >= 0.3 is 6.09 Å². The summed E-state index contributed by atoms with van der Waals surface area (Å²) in [5.74, 6) is 0.843. The zero-order chi connectivity index (χ0) is 16.6. The summed E-state index contributed by atoms with van der Waals surface area (Å²) in [6.45, 7) is 3.27. The maximum Gasteiger partial charge on any atom is 0.410 e. The van der Waals surface area contributed by atoms with Crippen LogP contribution in [-0.4, -0.2) is 44.9 Å². The Morgan fingerprint density at radius 3 is 2.43 bits per heavy atom. The van der Waals surface area contributed by atoms with Gasteiger partial charge in [-0.25, -0.2) is 4.79 Å². The minimum atomic E-state index is -3.43. The molecular weight excluding hydrogens is 318 g/mol. The SMILES string of the molecule is CC(OS(C)(=O)=O)[C@H]1[C@@H]2CN(C(=O)OCc3ccccc3)C[C@@H]21. The molecule has 23 heavy (non-hydrogen) atoms. The third-order valence-electron chi connectivity index (χ3n) is 4.59. The lowest BCUT2D eigenvalue weighted by atomic mass is 10.2. The summed E-state index contributed by atoms with van der Waals surface area (Å²) in [7, 11) is -3.43. The number of piperidine rings is 1. The van der Waals surface area contributed by atoms with Gasteiger partial charge in [-0.2, -0.15) is 8.42 Å². The van der Waals surface area contributed by atoms with Crippen molar-refractivity contribution in [1.29, 1.82) is 0 Å². The molecule has 6 nitrogen and oxygen atoms in total. The van der Waals surface area contributed by atoms with Crippen LogP contribution in [0, 0.1) is 17.8 Å². The normalized spacial score (nSPS) is 27.4. The Hall–Kier alpha value is -1.60. The first-order chi connectivity index (χ1) is 10.8. The molecule has 1 aliphatic carbocycles. The van der Waals surface area contributed by atoms with Gasteiger partial charge in [-0.15, -0.1) is 0 Å². The summed E-state index contributed by atoms with van der Waals surface area (Å²) in [4.78, 5) is 13.8. The number of amides is 1. The molecule has 0 aromatic heterocycles. The number of likely N-dealkylation sites (tertiary alicyclic amines) is 1. The molecule has 0 radical (unpaired) electrons. The van der Waals surface area contributed by atoms with Gasteiger partial charge in [0.1, 0.15) is 6.61 Å². The van der Waals surface area contributed by atoms with Crippen molar-refractivity contribution in [2.24, 2.45) is 17.8 Å². The lowest BCUT2D eigenvalue weighted by molar-refractivity contribution is 0.0937. The molecule has 1 heterocycles. The van der Waals surface area contributed by atoms with E-state index in [9.17, 15) is 13.2 Å². The highest BCUT2D eigenvalue weighted by Crippen LogP contribution is 2.54. The van der Waals surface area contributed by atoms with E-state index in [4.69, 9.17) is 8.92 Å². The number of hydrogen-bond donors (Lipinski definition) is 0. The first kappa shape index (κ1) is 16.3. The van der Waals surface area contributed by atoms with E-state index in [0.29, 0.717) is 24.9 Å². The average Bonchev–Trinajstić information content (AvgIpc) is 2.99. The number of nitrogens with zero attached hydrogens (tertiary/aromatic N) is 1. The highest BCUT2D eigenvalue weighted by molar-refractivity contribution is 7.86. The third-order valence-corrected chi connectivity index (χ3v) is 5.25. The molecule has 0 spiro atoms. The summed E-state index contributed by atoms with van der Waals surface area (Å²) in [6.07, 6.45) is 0.425. The number of fused-ring (bicyclic) bond motifs is 1. The molecule has 4 atom stereocenters. The van der Waals surface area contributed by atoms with Crippen LogP contribution in [0.25, 0.3) is 0 Å². The number of ether oxygens (including phenoxy) is 1. The fraction of sp³-hybridized carbons (Fsp3) is 0.562. The fourth-order valence-corrected chi connectivity index (χ4v) is 4.25. The van der Waals surface area contributed by atoms with Gasteiger partial charge in [-0.1, -0.05) is 30.3 Å². The summed E-state index contributed by atoms with van der Waals surface area (Å²) in [5, 5.41) is 0. The Morgan fingerprint density at radius 2 is 1.87 bits per heavy atom. The van der Waals surface area contributed by atoms with Crippen LogP contribution >= 0.6 is 0 Å². The van der Waals surface area contributed by atoms with Gasteiger partial charge in [0.15, 0.2) is 0 Å². The first-order valence-electron chi connectivity index (χ1n) is 7.69. The third kappa shape index (κ3) is 3.84. The van der Waals surface area contributed by atoms with Crippen LogP contribution in [0.15, 0.2) is 30.3 Å². The van der Waals surface area contributed by atoms with E-state index in [0.717, 1.165) is 11.8 Å². The maximum absolute atomic E-state index is 12.1. The van der Waals surface area contributed by atoms with Crippen LogP contribution in [0.3, 0.4) is 0 Å². The highest BCUT2D eigenvalue weighted by Gasteiger charge is 2.59. The second-order valence-corrected chi connectivity index (χ2v) is 7.96. The van der Waals surface area contributed by atoms with Gasteiger partial charge in [0.05, 0.1) is 12.4 Å². The zero-order valence-corrected chi connectivity index (χ0v) is 14.0. The molecule has 2 aliphatic rings. The first-order valence-corrected chi connectivity index (χ1v) is 9.50. The van der Waals surface area contributed by atoms with E-state index >= 15 is 0 Å². The van der Waals surface area contributed by atoms with E-state index in [1.165, 1.54) is 0 Å². The fourth-order valence-electron chi connectivity index (χ4n) is 3.57. The summed E-state index contributed by atoms with van der Waals surface area (Å²) in [6, 6.07) is 9.55. The minimum Gasteiger partial charge on any atom is -0.445 e. The summed E-state index contributed by atoms with van der Waals surface area (Å²) >= 11 is 0. The van der Waals surface area contributed by atoms with Crippen LogP contribution < -0.4 is 0 Å². The molecule has 1 aromatic rings. The van der Waals surface area contributed by atoms with Crippen LogP contribution in [0.1, 0.15) is 12.5 Å². The molecule has 1 amide bonds. The van der Waals surface area contributed by atoms with Gasteiger partial charge in [0.25, 0.3) is 10.1 Å². The molecule has 1 aliphatic heterocycles. The van der Waals surface area contributed by atoms with Crippen molar-refractivity contribution in [2.75, 3.05) is 19.3 Å². The molecule has 1 saturated carbocycles. The van der Waals surface area contributed by atoms with E-state index in [-0.39, 0.29) is 24.7 Å². The molecule has 126 valence electrons. The minimum absolute atomic E-state index is 0.211. The highest BCUT2D eigenvalue weighted by atomic mass is 32.2. The second kappa shape index (κ2) is 6.13. The Balaban J connectivity index is 1.45. The lowest BCUT2D eigenvalue weighted by Gasteiger charge is -2.21. The molecule has 1 saturated heterocycles. The summed E-state index contributed by atoms with van der Waals surface area (Å²) < 4.78 is 32.7. The van der Waals surface area contributed by atoms with Crippen LogP contribution in [0.2, 0.25) is 0 Å². The standard InChI is InChI=1S/C16H21NO5S/c1-11(22-23(2,19)20)15-13-8-17(9-14(13)15)16(18)21-10-12-6-4-3-5-7-12/h3-7,11,13-15H,8-10H2,1-2H3/t11?,13-,14+,15+. The van der Waals surface area contributed by atoms with Crippen molar-refractivity contribution in [2.45, 2.75) is 19.6 Å². The molecule has 3 rings (SSSR count). The van der Waals surface area contributed by atoms with Gasteiger partial charge < -0.3 is 9.64 Å². The van der Waals surface area contributed by atoms with E-state index in [2.05, 4.69) is 0 Å². The number of hydrogen-bond acceptors (Lipinski definition) is 5. The second-order valence-electron chi connectivity index (χ2n) is 6.36. The average molecular weight is 339 g/mol. The maximum atomic E-state index is 12.1. The van der Waals surface area contributed by atoms with Gasteiger partial charge in [0, 0.05) is 13.1 Å². The largest absolute Gasteiger partial charge is 0.445 e.